The Bertz CT molecular complexity index is 322. The number of hydrogen-bond acceptors (Lipinski definition) is 1. The van der Waals surface area contributed by atoms with Crippen LogP contribution in [0.1, 0.15) is 52.4 Å². The summed E-state index contributed by atoms with van der Waals surface area (Å²) in [6, 6.07) is 0.328. The lowest BCUT2D eigenvalue weighted by Crippen LogP contribution is -2.32. The molecule has 0 N–H and O–H groups in total. The Kier molecular flexibility index (Phi) is 3.41. The lowest BCUT2D eigenvalue weighted by molar-refractivity contribution is -0.128. The van der Waals surface area contributed by atoms with Crippen LogP contribution in [0.25, 0.3) is 0 Å². The van der Waals surface area contributed by atoms with Crippen LogP contribution < -0.4 is 0 Å². The van der Waals surface area contributed by atoms with Crippen molar-refractivity contribution in [2.45, 2.75) is 64.2 Å². The van der Waals surface area contributed by atoms with Gasteiger partial charge in [0.2, 0.25) is 5.91 Å². The number of allylic oxidation sites excluding steroid dienone is 1. The van der Waals surface area contributed by atoms with E-state index in [9.17, 15) is 4.79 Å². The predicted octanol–water partition coefficient (Wildman–Crippen LogP) is 2.27. The maximum absolute atomic E-state index is 12.0. The van der Waals surface area contributed by atoms with Gasteiger partial charge in [-0.3, -0.25) is 4.79 Å². The second-order valence-corrected chi connectivity index (χ2v) is 5.64. The SMILES string of the molecule is BC1CCCCC2=C(CC(=O)N2C(C)C)C1. The maximum atomic E-state index is 12.0. The monoisotopic (exact) mass is 219 g/mol. The predicted molar refractivity (Wildman–Crippen MR) is 69.0 cm³/mol. The minimum atomic E-state index is 0.328. The highest BCUT2D eigenvalue weighted by molar-refractivity contribution is 6.11. The molecular formula is C13H22BNO. The number of amides is 1. The fraction of sp³-hybridized carbons (Fsp3) is 0.769. The molecule has 1 atom stereocenters. The first-order chi connectivity index (χ1) is 7.59. The standard InChI is InChI=1S/C13H22BNO/c1-9(2)15-12-6-4-3-5-11(14)7-10(12)8-13(15)16/h9,11H,3-8,14H2,1-2H3. The van der Waals surface area contributed by atoms with E-state index in [2.05, 4.69) is 21.7 Å². The van der Waals surface area contributed by atoms with Gasteiger partial charge in [-0.1, -0.05) is 18.7 Å². The molecule has 0 aromatic rings. The topological polar surface area (TPSA) is 20.3 Å². The van der Waals surface area contributed by atoms with Crippen LogP contribution in [0.3, 0.4) is 0 Å². The van der Waals surface area contributed by atoms with Crippen molar-refractivity contribution in [2.24, 2.45) is 0 Å². The normalized spacial score (nSPS) is 27.1. The molecular weight excluding hydrogens is 197 g/mol. The molecule has 16 heavy (non-hydrogen) atoms. The first kappa shape index (κ1) is 11.8. The Balaban J connectivity index is 2.24. The van der Waals surface area contributed by atoms with Crippen molar-refractivity contribution in [3.63, 3.8) is 0 Å². The Labute approximate surface area is 99.5 Å². The van der Waals surface area contributed by atoms with Crippen molar-refractivity contribution in [2.75, 3.05) is 0 Å². The fourth-order valence-corrected chi connectivity index (χ4v) is 3.09. The highest BCUT2D eigenvalue weighted by Crippen LogP contribution is 2.37. The molecule has 1 aliphatic heterocycles. The molecule has 88 valence electrons. The Hall–Kier alpha value is -0.725. The minimum Gasteiger partial charge on any atom is -0.313 e. The zero-order valence-corrected chi connectivity index (χ0v) is 10.8. The van der Waals surface area contributed by atoms with E-state index in [0.29, 0.717) is 18.4 Å². The number of nitrogens with zero attached hydrogens (tertiary/aromatic N) is 1. The van der Waals surface area contributed by atoms with Crippen molar-refractivity contribution in [1.82, 2.24) is 4.90 Å². The Morgan fingerprint density at radius 3 is 2.81 bits per heavy atom. The van der Waals surface area contributed by atoms with E-state index >= 15 is 0 Å². The van der Waals surface area contributed by atoms with Gasteiger partial charge in [0.05, 0.1) is 6.42 Å². The van der Waals surface area contributed by atoms with Crippen LogP contribution in [-0.2, 0) is 4.79 Å². The van der Waals surface area contributed by atoms with Gasteiger partial charge in [0.25, 0.3) is 0 Å². The summed E-state index contributed by atoms with van der Waals surface area (Å²) in [6.07, 6.45) is 6.85. The van der Waals surface area contributed by atoms with Crippen LogP contribution >= 0.6 is 0 Å². The molecule has 0 bridgehead atoms. The highest BCUT2D eigenvalue weighted by Gasteiger charge is 2.32. The molecule has 0 aromatic carbocycles. The average molecular weight is 219 g/mol. The summed E-state index contributed by atoms with van der Waals surface area (Å²) < 4.78 is 0. The van der Waals surface area contributed by atoms with E-state index in [4.69, 9.17) is 0 Å². The summed E-state index contributed by atoms with van der Waals surface area (Å²) in [4.78, 5) is 14.0. The van der Waals surface area contributed by atoms with Gasteiger partial charge in [0, 0.05) is 11.7 Å². The molecule has 0 saturated carbocycles. The molecule has 0 spiro atoms. The van der Waals surface area contributed by atoms with Crippen LogP contribution in [0.15, 0.2) is 11.3 Å². The van der Waals surface area contributed by atoms with Crippen LogP contribution in [0, 0.1) is 0 Å². The van der Waals surface area contributed by atoms with Gasteiger partial charge in [-0.15, -0.1) is 0 Å². The smallest absolute Gasteiger partial charge is 0.231 e. The molecule has 1 unspecified atom stereocenters. The first-order valence-corrected chi connectivity index (χ1v) is 6.62. The largest absolute Gasteiger partial charge is 0.313 e. The second-order valence-electron chi connectivity index (χ2n) is 5.64. The van der Waals surface area contributed by atoms with Crippen LogP contribution in [-0.4, -0.2) is 24.7 Å². The van der Waals surface area contributed by atoms with Crippen LogP contribution in [0.2, 0.25) is 5.82 Å². The van der Waals surface area contributed by atoms with Crippen molar-refractivity contribution in [3.05, 3.63) is 11.3 Å². The van der Waals surface area contributed by atoms with Gasteiger partial charge < -0.3 is 4.90 Å². The third-order valence-corrected chi connectivity index (χ3v) is 3.80. The summed E-state index contributed by atoms with van der Waals surface area (Å²) in [6.45, 7) is 4.24. The quantitative estimate of drug-likeness (QED) is 0.619. The molecule has 0 fully saturated rings. The van der Waals surface area contributed by atoms with Gasteiger partial charge in [0.1, 0.15) is 7.85 Å². The molecule has 3 heteroatoms. The first-order valence-electron chi connectivity index (χ1n) is 6.62. The molecule has 2 aliphatic rings. The summed E-state index contributed by atoms with van der Waals surface area (Å²) >= 11 is 0. The minimum absolute atomic E-state index is 0.328. The molecule has 1 amide bonds. The van der Waals surface area contributed by atoms with E-state index in [0.717, 1.165) is 18.7 Å². The van der Waals surface area contributed by atoms with Crippen molar-refractivity contribution in [3.8, 4) is 0 Å². The van der Waals surface area contributed by atoms with E-state index in [1.165, 1.54) is 30.5 Å². The van der Waals surface area contributed by atoms with Gasteiger partial charge in [-0.25, -0.2) is 0 Å². The molecule has 2 nitrogen and oxygen atoms in total. The lowest BCUT2D eigenvalue weighted by Gasteiger charge is -2.26. The van der Waals surface area contributed by atoms with E-state index < -0.39 is 0 Å². The van der Waals surface area contributed by atoms with E-state index in [1.807, 2.05) is 4.90 Å². The third kappa shape index (κ3) is 2.18. The van der Waals surface area contributed by atoms with Crippen LogP contribution in [0.4, 0.5) is 0 Å². The molecule has 1 aliphatic carbocycles. The van der Waals surface area contributed by atoms with Crippen molar-refractivity contribution in [1.29, 1.82) is 0 Å². The number of carbonyl (C=O) groups excluding carboxylic acids is 1. The van der Waals surface area contributed by atoms with E-state index in [-0.39, 0.29) is 0 Å². The highest BCUT2D eigenvalue weighted by atomic mass is 16.2. The lowest BCUT2D eigenvalue weighted by atomic mass is 9.76. The number of rotatable bonds is 1. The maximum Gasteiger partial charge on any atom is 0.231 e. The zero-order chi connectivity index (χ0) is 11.7. The Morgan fingerprint density at radius 1 is 1.38 bits per heavy atom. The molecule has 1 heterocycles. The second kappa shape index (κ2) is 4.64. The number of hydrogen-bond donors (Lipinski definition) is 0. The summed E-state index contributed by atoms with van der Waals surface area (Å²) in [5, 5.41) is 0. The fourth-order valence-electron chi connectivity index (χ4n) is 3.09. The Morgan fingerprint density at radius 2 is 2.12 bits per heavy atom. The molecule has 0 saturated heterocycles. The summed E-state index contributed by atoms with van der Waals surface area (Å²) in [7, 11) is 2.32. The van der Waals surface area contributed by atoms with Gasteiger partial charge in [-0.2, -0.15) is 0 Å². The summed E-state index contributed by atoms with van der Waals surface area (Å²) in [5.74, 6) is 1.08. The third-order valence-electron chi connectivity index (χ3n) is 3.80. The molecule has 0 aromatic heterocycles. The van der Waals surface area contributed by atoms with Gasteiger partial charge in [0.15, 0.2) is 0 Å². The van der Waals surface area contributed by atoms with Gasteiger partial charge >= 0.3 is 0 Å². The molecule has 2 rings (SSSR count). The van der Waals surface area contributed by atoms with Crippen molar-refractivity contribution >= 4 is 13.8 Å². The summed E-state index contributed by atoms with van der Waals surface area (Å²) in [5.41, 5.74) is 2.80. The number of carbonyl (C=O) groups is 1. The zero-order valence-electron chi connectivity index (χ0n) is 10.8. The van der Waals surface area contributed by atoms with Gasteiger partial charge in [-0.05, 0) is 38.7 Å². The average Bonchev–Trinajstić information content (AvgIpc) is 2.46. The van der Waals surface area contributed by atoms with E-state index in [1.54, 1.807) is 0 Å². The van der Waals surface area contributed by atoms with Crippen LogP contribution in [0.5, 0.6) is 0 Å². The van der Waals surface area contributed by atoms with Crippen molar-refractivity contribution < 1.29 is 4.79 Å². The molecule has 0 radical (unpaired) electrons.